The zero-order valence-corrected chi connectivity index (χ0v) is 14.1. The molecule has 2 aromatic carbocycles. The van der Waals surface area contributed by atoms with E-state index in [1.54, 1.807) is 16.8 Å². The summed E-state index contributed by atoms with van der Waals surface area (Å²) in [5, 5.41) is 5.52. The second-order valence-corrected chi connectivity index (χ2v) is 5.98. The van der Waals surface area contributed by atoms with E-state index in [-0.39, 0.29) is 11.8 Å². The van der Waals surface area contributed by atoms with Crippen molar-refractivity contribution in [3.8, 4) is 0 Å². The van der Waals surface area contributed by atoms with Crippen molar-refractivity contribution in [1.29, 1.82) is 0 Å². The lowest BCUT2D eigenvalue weighted by Crippen LogP contribution is -2.32. The van der Waals surface area contributed by atoms with E-state index in [1.165, 1.54) is 4.90 Å². The molecule has 3 aromatic rings. The van der Waals surface area contributed by atoms with E-state index < -0.39 is 0 Å². The van der Waals surface area contributed by atoms with Gasteiger partial charge < -0.3 is 0 Å². The van der Waals surface area contributed by atoms with Crippen LogP contribution in [-0.2, 0) is 9.59 Å². The van der Waals surface area contributed by atoms with E-state index in [9.17, 15) is 9.59 Å². The van der Waals surface area contributed by atoms with Crippen LogP contribution in [0.25, 0.3) is 16.6 Å². The number of hydrogen-bond acceptors (Lipinski definition) is 3. The first-order chi connectivity index (χ1) is 12.1. The van der Waals surface area contributed by atoms with Crippen molar-refractivity contribution in [2.45, 2.75) is 20.3 Å². The number of para-hydroxylation sites is 2. The van der Waals surface area contributed by atoms with Crippen LogP contribution in [0.1, 0.15) is 19.0 Å². The molecule has 2 heterocycles. The van der Waals surface area contributed by atoms with Gasteiger partial charge in [-0.2, -0.15) is 5.10 Å². The minimum absolute atomic E-state index is 0.272. The fraction of sp³-hybridized carbons (Fsp3) is 0.150. The largest absolute Gasteiger partial charge is 0.284 e. The van der Waals surface area contributed by atoms with Crippen molar-refractivity contribution >= 4 is 34.1 Å². The maximum Gasteiger partial charge on any atom is 0.284 e. The Hall–Kier alpha value is -3.21. The van der Waals surface area contributed by atoms with Crippen molar-refractivity contribution in [1.82, 2.24) is 9.78 Å². The van der Waals surface area contributed by atoms with Gasteiger partial charge >= 0.3 is 0 Å². The molecular formula is C20H17N3O2. The minimum atomic E-state index is -0.332. The Morgan fingerprint density at radius 1 is 0.920 bits per heavy atom. The van der Waals surface area contributed by atoms with Crippen LogP contribution in [0.15, 0.2) is 60.2 Å². The van der Waals surface area contributed by atoms with Gasteiger partial charge in [-0.05, 0) is 31.5 Å². The van der Waals surface area contributed by atoms with Crippen LogP contribution < -0.4 is 4.90 Å². The molecule has 0 N–H and O–H groups in total. The summed E-state index contributed by atoms with van der Waals surface area (Å²) < 4.78 is 1.62. The van der Waals surface area contributed by atoms with Crippen molar-refractivity contribution in [2.75, 3.05) is 4.90 Å². The molecule has 0 atom stereocenters. The van der Waals surface area contributed by atoms with Gasteiger partial charge in [-0.3, -0.25) is 9.59 Å². The molecule has 0 saturated heterocycles. The average Bonchev–Trinajstić information content (AvgIpc) is 3.09. The summed E-state index contributed by atoms with van der Waals surface area (Å²) in [5.41, 5.74) is 3.07. The highest BCUT2D eigenvalue weighted by Gasteiger charge is 2.40. The smallest absolute Gasteiger partial charge is 0.268 e. The number of amides is 2. The Labute approximate surface area is 145 Å². The van der Waals surface area contributed by atoms with E-state index in [1.807, 2.05) is 56.3 Å². The maximum atomic E-state index is 13.1. The van der Waals surface area contributed by atoms with Gasteiger partial charge in [0, 0.05) is 11.0 Å². The fourth-order valence-electron chi connectivity index (χ4n) is 3.30. The molecule has 0 aliphatic carbocycles. The van der Waals surface area contributed by atoms with Gasteiger partial charge in [0.05, 0.1) is 16.9 Å². The summed E-state index contributed by atoms with van der Waals surface area (Å²) in [4.78, 5) is 27.2. The molecule has 124 valence electrons. The van der Waals surface area contributed by atoms with Crippen LogP contribution in [-0.4, -0.2) is 21.6 Å². The molecule has 0 fully saturated rings. The normalized spacial score (nSPS) is 14.9. The molecule has 0 bridgehead atoms. The number of aryl methyl sites for hydroxylation is 1. The Balaban J connectivity index is 1.92. The lowest BCUT2D eigenvalue weighted by Gasteiger charge is -2.14. The van der Waals surface area contributed by atoms with Crippen LogP contribution in [0.2, 0.25) is 0 Å². The quantitative estimate of drug-likeness (QED) is 0.690. The lowest BCUT2D eigenvalue weighted by molar-refractivity contribution is -0.120. The SMILES string of the molecule is CCC1=C(n2nc(C)c3ccccc32)C(=O)N(c2ccccc2)C1=O. The number of rotatable bonds is 3. The van der Waals surface area contributed by atoms with Crippen LogP contribution >= 0.6 is 0 Å². The van der Waals surface area contributed by atoms with Gasteiger partial charge in [0.15, 0.2) is 0 Å². The predicted molar refractivity (Wildman–Crippen MR) is 96.9 cm³/mol. The summed E-state index contributed by atoms with van der Waals surface area (Å²) in [6, 6.07) is 16.7. The monoisotopic (exact) mass is 331 g/mol. The van der Waals surface area contributed by atoms with Gasteiger partial charge in [0.25, 0.3) is 11.8 Å². The van der Waals surface area contributed by atoms with Crippen molar-refractivity contribution in [2.24, 2.45) is 0 Å². The molecule has 1 aromatic heterocycles. The van der Waals surface area contributed by atoms with E-state index in [0.29, 0.717) is 23.4 Å². The molecular weight excluding hydrogens is 314 g/mol. The zero-order chi connectivity index (χ0) is 17.6. The third-order valence-electron chi connectivity index (χ3n) is 4.50. The number of hydrogen-bond donors (Lipinski definition) is 0. The number of benzene rings is 2. The van der Waals surface area contributed by atoms with Gasteiger partial charge in [0.2, 0.25) is 0 Å². The highest BCUT2D eigenvalue weighted by Crippen LogP contribution is 2.33. The summed E-state index contributed by atoms with van der Waals surface area (Å²) >= 11 is 0. The van der Waals surface area contributed by atoms with Crippen LogP contribution in [0.5, 0.6) is 0 Å². The molecule has 4 rings (SSSR count). The standard InChI is InChI=1S/C20H17N3O2/c1-3-15-18(23-17-12-8-7-11-16(17)13(2)21-23)20(25)22(19(15)24)14-9-5-4-6-10-14/h4-12H,3H2,1-2H3. The lowest BCUT2D eigenvalue weighted by atomic mass is 10.1. The van der Waals surface area contributed by atoms with Gasteiger partial charge in [-0.1, -0.05) is 43.3 Å². The first-order valence-corrected chi connectivity index (χ1v) is 8.25. The Morgan fingerprint density at radius 3 is 2.32 bits per heavy atom. The molecule has 5 nitrogen and oxygen atoms in total. The number of carbonyl (C=O) groups excluding carboxylic acids is 2. The van der Waals surface area contributed by atoms with Gasteiger partial charge in [0.1, 0.15) is 5.70 Å². The number of carbonyl (C=O) groups is 2. The summed E-state index contributed by atoms with van der Waals surface area (Å²) in [6.07, 6.45) is 0.469. The third-order valence-corrected chi connectivity index (χ3v) is 4.50. The first kappa shape index (κ1) is 15.3. The van der Waals surface area contributed by atoms with E-state index in [0.717, 1.165) is 16.6 Å². The number of imide groups is 1. The first-order valence-electron chi connectivity index (χ1n) is 8.25. The molecule has 2 amide bonds. The fourth-order valence-corrected chi connectivity index (χ4v) is 3.30. The Morgan fingerprint density at radius 2 is 1.60 bits per heavy atom. The number of fused-ring (bicyclic) bond motifs is 1. The molecule has 0 unspecified atom stereocenters. The topological polar surface area (TPSA) is 55.2 Å². The van der Waals surface area contributed by atoms with Gasteiger partial charge in [-0.15, -0.1) is 0 Å². The second kappa shape index (κ2) is 5.70. The number of anilines is 1. The van der Waals surface area contributed by atoms with Crippen molar-refractivity contribution in [3.05, 3.63) is 65.9 Å². The highest BCUT2D eigenvalue weighted by molar-refractivity contribution is 6.43. The summed E-state index contributed by atoms with van der Waals surface area (Å²) in [5.74, 6) is -0.604. The minimum Gasteiger partial charge on any atom is -0.268 e. The molecule has 0 spiro atoms. The van der Waals surface area contributed by atoms with Gasteiger partial charge in [-0.25, -0.2) is 9.58 Å². The predicted octanol–water partition coefficient (Wildman–Crippen LogP) is 3.54. The highest BCUT2D eigenvalue weighted by atomic mass is 16.2. The van der Waals surface area contributed by atoms with Crippen LogP contribution in [0.3, 0.4) is 0 Å². The molecule has 1 aliphatic heterocycles. The van der Waals surface area contributed by atoms with Crippen molar-refractivity contribution in [3.63, 3.8) is 0 Å². The molecule has 25 heavy (non-hydrogen) atoms. The summed E-state index contributed by atoms with van der Waals surface area (Å²) in [6.45, 7) is 3.79. The maximum absolute atomic E-state index is 13.1. The van der Waals surface area contributed by atoms with E-state index in [4.69, 9.17) is 0 Å². The number of aromatic nitrogens is 2. The summed E-state index contributed by atoms with van der Waals surface area (Å²) in [7, 11) is 0. The van der Waals surface area contributed by atoms with Crippen LogP contribution in [0.4, 0.5) is 5.69 Å². The van der Waals surface area contributed by atoms with E-state index in [2.05, 4.69) is 5.10 Å². The molecule has 0 saturated carbocycles. The van der Waals surface area contributed by atoms with Crippen LogP contribution in [0, 0.1) is 6.92 Å². The zero-order valence-electron chi connectivity index (χ0n) is 14.1. The van der Waals surface area contributed by atoms with E-state index >= 15 is 0 Å². The second-order valence-electron chi connectivity index (χ2n) is 5.98. The third kappa shape index (κ3) is 2.20. The van der Waals surface area contributed by atoms with Crippen molar-refractivity contribution < 1.29 is 9.59 Å². The average molecular weight is 331 g/mol. The molecule has 1 aliphatic rings. The Kier molecular flexibility index (Phi) is 3.50. The molecule has 5 heteroatoms. The Bertz CT molecular complexity index is 1030. The molecule has 0 radical (unpaired) electrons. The number of nitrogens with zero attached hydrogens (tertiary/aromatic N) is 3.